The van der Waals surface area contributed by atoms with E-state index in [1.807, 2.05) is 6.20 Å². The summed E-state index contributed by atoms with van der Waals surface area (Å²) < 4.78 is 2.27. The fourth-order valence-electron chi connectivity index (χ4n) is 2.76. The van der Waals surface area contributed by atoms with Crippen LogP contribution in [0.25, 0.3) is 0 Å². The number of benzene rings is 1. The predicted molar refractivity (Wildman–Crippen MR) is 72.6 cm³/mol. The van der Waals surface area contributed by atoms with Gasteiger partial charge in [-0.1, -0.05) is 24.3 Å². The standard InChI is InChI=1S/C15H19N3/c1-11(2)18-8-7-17-15(18)14-10-16-9-12-5-3-4-6-13(12)14/h3-8,11,14,16H,9-10H2,1-2H3/t14-/m1/s1. The minimum absolute atomic E-state index is 0.368. The van der Waals surface area contributed by atoms with Crippen LogP contribution in [0.1, 0.15) is 42.8 Å². The van der Waals surface area contributed by atoms with Crippen LogP contribution >= 0.6 is 0 Å². The second-order valence-corrected chi connectivity index (χ2v) is 5.17. The number of fused-ring (bicyclic) bond motifs is 1. The normalized spacial score (nSPS) is 18.9. The minimum atomic E-state index is 0.368. The number of nitrogens with zero attached hydrogens (tertiary/aromatic N) is 2. The molecule has 0 unspecified atom stereocenters. The van der Waals surface area contributed by atoms with Gasteiger partial charge in [-0.05, 0) is 25.0 Å². The van der Waals surface area contributed by atoms with Crippen LogP contribution in [0, 0.1) is 0 Å². The molecule has 1 N–H and O–H groups in total. The molecule has 0 spiro atoms. The number of nitrogens with one attached hydrogen (secondary N) is 1. The highest BCUT2D eigenvalue weighted by atomic mass is 15.1. The van der Waals surface area contributed by atoms with E-state index < -0.39 is 0 Å². The van der Waals surface area contributed by atoms with Crippen molar-refractivity contribution in [3.05, 3.63) is 53.6 Å². The molecule has 2 aromatic rings. The number of aromatic nitrogens is 2. The fourth-order valence-corrected chi connectivity index (χ4v) is 2.76. The van der Waals surface area contributed by atoms with Crippen LogP contribution in [0.3, 0.4) is 0 Å². The van der Waals surface area contributed by atoms with Crippen molar-refractivity contribution in [2.45, 2.75) is 32.4 Å². The van der Waals surface area contributed by atoms with Crippen molar-refractivity contribution in [1.82, 2.24) is 14.9 Å². The van der Waals surface area contributed by atoms with Gasteiger partial charge in [0.2, 0.25) is 0 Å². The van der Waals surface area contributed by atoms with Crippen molar-refractivity contribution >= 4 is 0 Å². The molecule has 0 amide bonds. The Labute approximate surface area is 108 Å². The van der Waals surface area contributed by atoms with Crippen molar-refractivity contribution in [2.75, 3.05) is 6.54 Å². The summed E-state index contributed by atoms with van der Waals surface area (Å²) in [5, 5.41) is 3.49. The van der Waals surface area contributed by atoms with Gasteiger partial charge >= 0.3 is 0 Å². The number of imidazole rings is 1. The highest BCUT2D eigenvalue weighted by Crippen LogP contribution is 2.30. The van der Waals surface area contributed by atoms with Gasteiger partial charge in [-0.25, -0.2) is 4.98 Å². The lowest BCUT2D eigenvalue weighted by Crippen LogP contribution is -2.30. The first-order chi connectivity index (χ1) is 8.77. The van der Waals surface area contributed by atoms with Crippen molar-refractivity contribution in [2.24, 2.45) is 0 Å². The molecular weight excluding hydrogens is 222 g/mol. The molecule has 1 aromatic heterocycles. The van der Waals surface area contributed by atoms with E-state index >= 15 is 0 Å². The lowest BCUT2D eigenvalue weighted by atomic mass is 9.90. The van der Waals surface area contributed by atoms with Gasteiger partial charge < -0.3 is 9.88 Å². The molecule has 3 heteroatoms. The summed E-state index contributed by atoms with van der Waals surface area (Å²) in [6.45, 7) is 6.34. The van der Waals surface area contributed by atoms with Crippen LogP contribution < -0.4 is 5.32 Å². The summed E-state index contributed by atoms with van der Waals surface area (Å²) in [5.41, 5.74) is 2.82. The first-order valence-electron chi connectivity index (χ1n) is 6.58. The molecule has 2 heterocycles. The van der Waals surface area contributed by atoms with Crippen LogP contribution in [0.15, 0.2) is 36.7 Å². The molecule has 94 valence electrons. The monoisotopic (exact) mass is 241 g/mol. The Bertz CT molecular complexity index is 542. The third-order valence-electron chi connectivity index (χ3n) is 3.66. The number of hydrogen-bond donors (Lipinski definition) is 1. The summed E-state index contributed by atoms with van der Waals surface area (Å²) >= 11 is 0. The average Bonchev–Trinajstić information content (AvgIpc) is 2.87. The van der Waals surface area contributed by atoms with E-state index in [2.05, 4.69) is 59.2 Å². The summed E-state index contributed by atoms with van der Waals surface area (Å²) in [5.74, 6) is 1.54. The van der Waals surface area contributed by atoms with Gasteiger partial charge in [0.15, 0.2) is 0 Å². The van der Waals surface area contributed by atoms with Gasteiger partial charge in [-0.3, -0.25) is 0 Å². The first-order valence-corrected chi connectivity index (χ1v) is 6.58. The van der Waals surface area contributed by atoms with Crippen molar-refractivity contribution in [3.8, 4) is 0 Å². The van der Waals surface area contributed by atoms with E-state index in [1.54, 1.807) is 0 Å². The van der Waals surface area contributed by atoms with Gasteiger partial charge in [-0.2, -0.15) is 0 Å². The zero-order valence-electron chi connectivity index (χ0n) is 10.9. The third-order valence-corrected chi connectivity index (χ3v) is 3.66. The zero-order valence-corrected chi connectivity index (χ0v) is 10.9. The second kappa shape index (κ2) is 4.58. The molecule has 0 aliphatic carbocycles. The number of hydrogen-bond acceptors (Lipinski definition) is 2. The Kier molecular flexibility index (Phi) is 2.92. The van der Waals surface area contributed by atoms with Gasteiger partial charge in [-0.15, -0.1) is 0 Å². The van der Waals surface area contributed by atoms with E-state index in [0.29, 0.717) is 12.0 Å². The molecule has 0 saturated heterocycles. The van der Waals surface area contributed by atoms with Crippen molar-refractivity contribution in [3.63, 3.8) is 0 Å². The Balaban J connectivity index is 2.06. The van der Waals surface area contributed by atoms with Gasteiger partial charge in [0.05, 0.1) is 5.92 Å². The fraction of sp³-hybridized carbons (Fsp3) is 0.400. The highest BCUT2D eigenvalue weighted by molar-refractivity contribution is 5.36. The molecule has 1 aromatic carbocycles. The van der Waals surface area contributed by atoms with Gasteiger partial charge in [0, 0.05) is 31.5 Å². The SMILES string of the molecule is CC(C)n1ccnc1[C@@H]1CNCc2ccccc21. The summed E-state index contributed by atoms with van der Waals surface area (Å²) in [6, 6.07) is 9.13. The summed E-state index contributed by atoms with van der Waals surface area (Å²) in [7, 11) is 0. The Morgan fingerprint density at radius 2 is 2.17 bits per heavy atom. The molecule has 0 bridgehead atoms. The molecule has 1 aliphatic heterocycles. The molecule has 1 aliphatic rings. The van der Waals surface area contributed by atoms with Gasteiger partial charge in [0.1, 0.15) is 5.82 Å². The molecule has 0 fully saturated rings. The van der Waals surface area contributed by atoms with E-state index in [4.69, 9.17) is 0 Å². The topological polar surface area (TPSA) is 29.9 Å². The summed E-state index contributed by atoms with van der Waals surface area (Å²) in [4.78, 5) is 4.58. The highest BCUT2D eigenvalue weighted by Gasteiger charge is 2.25. The minimum Gasteiger partial charge on any atom is -0.332 e. The van der Waals surface area contributed by atoms with Crippen LogP contribution in [-0.4, -0.2) is 16.1 Å². The van der Waals surface area contributed by atoms with Gasteiger partial charge in [0.25, 0.3) is 0 Å². The second-order valence-electron chi connectivity index (χ2n) is 5.17. The Morgan fingerprint density at radius 3 is 3.00 bits per heavy atom. The predicted octanol–water partition coefficient (Wildman–Crippen LogP) is 2.70. The number of rotatable bonds is 2. The maximum absolute atomic E-state index is 4.58. The molecule has 0 saturated carbocycles. The summed E-state index contributed by atoms with van der Waals surface area (Å²) in [6.07, 6.45) is 3.99. The lowest BCUT2D eigenvalue weighted by Gasteiger charge is -2.27. The Morgan fingerprint density at radius 1 is 1.33 bits per heavy atom. The van der Waals surface area contributed by atoms with Crippen LogP contribution in [-0.2, 0) is 6.54 Å². The zero-order chi connectivity index (χ0) is 12.5. The van der Waals surface area contributed by atoms with E-state index in [0.717, 1.165) is 13.1 Å². The van der Waals surface area contributed by atoms with E-state index in [9.17, 15) is 0 Å². The molecule has 18 heavy (non-hydrogen) atoms. The van der Waals surface area contributed by atoms with Crippen LogP contribution in [0.5, 0.6) is 0 Å². The van der Waals surface area contributed by atoms with E-state index in [-0.39, 0.29) is 0 Å². The maximum atomic E-state index is 4.58. The van der Waals surface area contributed by atoms with Crippen LogP contribution in [0.4, 0.5) is 0 Å². The largest absolute Gasteiger partial charge is 0.332 e. The molecule has 3 nitrogen and oxygen atoms in total. The first kappa shape index (κ1) is 11.5. The lowest BCUT2D eigenvalue weighted by molar-refractivity contribution is 0.510. The van der Waals surface area contributed by atoms with Crippen molar-refractivity contribution < 1.29 is 0 Å². The van der Waals surface area contributed by atoms with Crippen LogP contribution in [0.2, 0.25) is 0 Å². The average molecular weight is 241 g/mol. The molecule has 0 radical (unpaired) electrons. The maximum Gasteiger partial charge on any atom is 0.117 e. The Hall–Kier alpha value is -1.61. The van der Waals surface area contributed by atoms with Crippen molar-refractivity contribution in [1.29, 1.82) is 0 Å². The molecular formula is C15H19N3. The van der Waals surface area contributed by atoms with E-state index in [1.165, 1.54) is 17.0 Å². The smallest absolute Gasteiger partial charge is 0.117 e. The quantitative estimate of drug-likeness (QED) is 0.876. The third kappa shape index (κ3) is 1.85. The molecule has 1 atom stereocenters. The molecule has 3 rings (SSSR count).